The van der Waals surface area contributed by atoms with Gasteiger partial charge < -0.3 is 38.3 Å². The van der Waals surface area contributed by atoms with E-state index < -0.39 is 135 Å². The summed E-state index contributed by atoms with van der Waals surface area (Å²) >= 11 is 0. The molecular weight excluding hydrogens is 1090 g/mol. The van der Waals surface area contributed by atoms with Gasteiger partial charge in [-0.05, 0) is 95.4 Å². The van der Waals surface area contributed by atoms with E-state index in [2.05, 4.69) is 23.7 Å². The molecule has 0 saturated carbocycles. The van der Waals surface area contributed by atoms with Crippen molar-refractivity contribution in [2.75, 3.05) is 13.7 Å². The fourth-order valence-corrected chi connectivity index (χ4v) is 5.79. The summed E-state index contributed by atoms with van der Waals surface area (Å²) in [7, 11) is 0.932. The SMILES string of the molecule is C.C.C.CCC(C)(C)C(=O)OC(C)(C)C(O)(C(F)(F)F)C(F)(F)F.CCC(C)(C)C(=O)OC(C)(C)C(OC(OC)C(C)C)(C(F)(F)F)C(F)(F)F.CCC(C)(C)C(=O)OC1(C)COC(OC(=O)C(C)C)(C(F)(F)F)C1(F)F. The largest absolute Gasteiger partial charge is 0.462 e. The molecule has 0 radical (unpaired) electrons. The zero-order valence-electron chi connectivity index (χ0n) is 44.4. The first-order valence-corrected chi connectivity index (χ1v) is 22.4. The van der Waals surface area contributed by atoms with Crippen LogP contribution in [-0.4, -0.2) is 120 Å². The molecular formula is C48H81F17O12. The predicted octanol–water partition coefficient (Wildman–Crippen LogP) is 14.6. The number of carbonyl (C=O) groups excluding carboxylic acids is 4. The first-order chi connectivity index (χ1) is 32.2. The minimum absolute atomic E-state index is 0. The topological polar surface area (TPSA) is 153 Å². The summed E-state index contributed by atoms with van der Waals surface area (Å²) in [4.78, 5) is 47.8. The van der Waals surface area contributed by atoms with E-state index in [1.807, 2.05) is 0 Å². The lowest BCUT2D eigenvalue weighted by atomic mass is 9.82. The molecule has 77 heavy (non-hydrogen) atoms. The van der Waals surface area contributed by atoms with Crippen molar-refractivity contribution in [1.82, 2.24) is 0 Å². The van der Waals surface area contributed by atoms with Gasteiger partial charge in [0.05, 0.1) is 28.8 Å². The summed E-state index contributed by atoms with van der Waals surface area (Å²) in [6.45, 7) is 19.0. The summed E-state index contributed by atoms with van der Waals surface area (Å²) < 4.78 is 262. The third-order valence-corrected chi connectivity index (χ3v) is 12.4. The van der Waals surface area contributed by atoms with Crippen molar-refractivity contribution in [2.45, 2.75) is 243 Å². The van der Waals surface area contributed by atoms with Gasteiger partial charge in [-0.1, -0.05) is 70.7 Å². The molecule has 0 spiro atoms. The molecule has 0 aliphatic carbocycles. The van der Waals surface area contributed by atoms with Gasteiger partial charge in [-0.2, -0.15) is 74.6 Å². The monoisotopic (exact) mass is 1170 g/mol. The third kappa shape index (κ3) is 16.8. The van der Waals surface area contributed by atoms with Crippen LogP contribution in [0, 0.1) is 28.1 Å². The Morgan fingerprint density at radius 2 is 0.883 bits per heavy atom. The molecule has 0 amide bonds. The Morgan fingerprint density at radius 1 is 0.558 bits per heavy atom. The van der Waals surface area contributed by atoms with Crippen LogP contribution < -0.4 is 0 Å². The Labute approximate surface area is 440 Å². The van der Waals surface area contributed by atoms with Crippen LogP contribution in [0.25, 0.3) is 0 Å². The number of carbonyl (C=O) groups is 4. The lowest BCUT2D eigenvalue weighted by Crippen LogP contribution is -2.72. The first-order valence-electron chi connectivity index (χ1n) is 22.4. The van der Waals surface area contributed by atoms with Gasteiger partial charge >= 0.3 is 72.1 Å². The predicted molar refractivity (Wildman–Crippen MR) is 246 cm³/mol. The van der Waals surface area contributed by atoms with Gasteiger partial charge in [0.25, 0.3) is 5.60 Å². The normalized spacial score (nSPS) is 19.4. The average molecular weight is 1170 g/mol. The highest BCUT2D eigenvalue weighted by Crippen LogP contribution is 2.58. The van der Waals surface area contributed by atoms with Gasteiger partial charge in [0, 0.05) is 13.0 Å². The molecule has 464 valence electrons. The molecule has 1 saturated heterocycles. The van der Waals surface area contributed by atoms with E-state index in [0.29, 0.717) is 34.6 Å². The Balaban J connectivity index is -0.000000333. The van der Waals surface area contributed by atoms with E-state index in [9.17, 15) is 98.9 Å². The molecule has 1 aliphatic rings. The average Bonchev–Trinajstić information content (AvgIpc) is 3.39. The zero-order chi connectivity index (χ0) is 60.3. The number of halogens is 17. The third-order valence-electron chi connectivity index (χ3n) is 12.4. The maximum Gasteiger partial charge on any atom is 0.462 e. The molecule has 1 rings (SSSR count). The smallest absolute Gasteiger partial charge is 0.455 e. The van der Waals surface area contributed by atoms with Crippen molar-refractivity contribution in [1.29, 1.82) is 0 Å². The number of rotatable bonds is 17. The highest BCUT2D eigenvalue weighted by atomic mass is 19.4. The molecule has 0 aromatic carbocycles. The second-order valence-electron chi connectivity index (χ2n) is 21.0. The second-order valence-corrected chi connectivity index (χ2v) is 21.0. The quantitative estimate of drug-likeness (QED) is 0.0638. The number of hydrogen-bond donors (Lipinski definition) is 1. The van der Waals surface area contributed by atoms with E-state index in [-0.39, 0.29) is 41.5 Å². The molecule has 1 aliphatic heterocycles. The van der Waals surface area contributed by atoms with Crippen molar-refractivity contribution < 1.29 is 132 Å². The van der Waals surface area contributed by atoms with Crippen LogP contribution in [0.5, 0.6) is 0 Å². The van der Waals surface area contributed by atoms with Crippen LogP contribution in [0.4, 0.5) is 74.6 Å². The van der Waals surface area contributed by atoms with Crippen molar-refractivity contribution >= 4 is 23.9 Å². The number of alkyl halides is 17. The van der Waals surface area contributed by atoms with Crippen LogP contribution in [0.15, 0.2) is 0 Å². The van der Waals surface area contributed by atoms with Gasteiger partial charge in [-0.15, -0.1) is 0 Å². The Hall–Kier alpha value is -3.47. The van der Waals surface area contributed by atoms with Crippen molar-refractivity contribution in [3.63, 3.8) is 0 Å². The van der Waals surface area contributed by atoms with Crippen LogP contribution in [0.3, 0.4) is 0 Å². The van der Waals surface area contributed by atoms with E-state index >= 15 is 0 Å². The van der Waals surface area contributed by atoms with E-state index in [0.717, 1.165) is 7.11 Å². The Kier molecular flexibility index (Phi) is 28.3. The number of ether oxygens (including phenoxy) is 7. The first kappa shape index (κ1) is 82.4. The molecule has 29 heteroatoms. The van der Waals surface area contributed by atoms with Crippen LogP contribution >= 0.6 is 0 Å². The van der Waals surface area contributed by atoms with Crippen LogP contribution in [-0.2, 0) is 52.3 Å². The summed E-state index contributed by atoms with van der Waals surface area (Å²) in [6, 6.07) is 0. The van der Waals surface area contributed by atoms with Gasteiger partial charge in [-0.3, -0.25) is 19.2 Å². The standard InChI is InChI=1S/C17H28F6O4.C16H23F5O5.C12H18F6O3.3CH4/c1-9-13(4,5)12(24)27-14(6,7)15(16(18,19)20,17(21,22)23)26-11(25-8)10(2)3;1-7-12(4,5)11(23)26-13(6)8-24-15(14(13,17)18,16(19,20)21)25-10(22)9(2)3;1-6-8(2,3)7(19)21-9(4,5)10(20,11(13,14)15)12(16,17)18;;;/h10-11H,9H2,1-8H3;9H,7-8H2,1-6H3;20H,6H2,1-5H3;3*1H4. The summed E-state index contributed by atoms with van der Waals surface area (Å²) in [6.07, 6.45) is -31.1. The number of esters is 4. The molecule has 3 unspecified atom stereocenters. The number of methoxy groups -OCH3 is 1. The molecule has 3 atom stereocenters. The fraction of sp³-hybridized carbons (Fsp3) is 0.917. The minimum Gasteiger partial charge on any atom is -0.455 e. The van der Waals surface area contributed by atoms with Gasteiger partial charge in [-0.25, -0.2) is 0 Å². The second kappa shape index (κ2) is 26.4. The summed E-state index contributed by atoms with van der Waals surface area (Å²) in [5, 5.41) is 9.27. The summed E-state index contributed by atoms with van der Waals surface area (Å²) in [5.41, 5.74) is -23.1. The van der Waals surface area contributed by atoms with Crippen LogP contribution in [0.2, 0.25) is 0 Å². The molecule has 12 nitrogen and oxygen atoms in total. The lowest BCUT2D eigenvalue weighted by molar-refractivity contribution is -0.445. The molecule has 0 aromatic heterocycles. The van der Waals surface area contributed by atoms with Gasteiger partial charge in [0.2, 0.25) is 5.60 Å². The molecule has 0 aromatic rings. The maximum atomic E-state index is 14.9. The maximum absolute atomic E-state index is 14.9. The molecule has 1 fully saturated rings. The summed E-state index contributed by atoms with van der Waals surface area (Å²) in [5.74, 6) is -16.4. The highest BCUT2D eigenvalue weighted by molar-refractivity contribution is 5.77. The van der Waals surface area contributed by atoms with Gasteiger partial charge in [0.15, 0.2) is 17.5 Å². The minimum atomic E-state index is -6.06. The Bertz CT molecular complexity index is 1870. The molecule has 1 N–H and O–H groups in total. The van der Waals surface area contributed by atoms with Crippen molar-refractivity contribution in [2.24, 2.45) is 28.1 Å². The Morgan fingerprint density at radius 3 is 1.14 bits per heavy atom. The number of aliphatic hydroxyl groups is 1. The molecule has 1 heterocycles. The lowest BCUT2D eigenvalue weighted by Gasteiger charge is -2.48. The highest BCUT2D eigenvalue weighted by Gasteiger charge is 2.86. The van der Waals surface area contributed by atoms with Gasteiger partial charge in [0.1, 0.15) is 0 Å². The van der Waals surface area contributed by atoms with Crippen molar-refractivity contribution in [3.05, 3.63) is 0 Å². The van der Waals surface area contributed by atoms with Crippen molar-refractivity contribution in [3.8, 4) is 0 Å². The zero-order valence-corrected chi connectivity index (χ0v) is 44.4. The fourth-order valence-electron chi connectivity index (χ4n) is 5.79. The van der Waals surface area contributed by atoms with E-state index in [1.54, 1.807) is 13.8 Å². The molecule has 0 bridgehead atoms. The van der Waals surface area contributed by atoms with E-state index in [1.165, 1.54) is 76.2 Å². The van der Waals surface area contributed by atoms with Crippen LogP contribution in [0.1, 0.15) is 166 Å². The number of hydrogen-bond acceptors (Lipinski definition) is 12. The van der Waals surface area contributed by atoms with E-state index in [4.69, 9.17) is 9.47 Å².